The van der Waals surface area contributed by atoms with Crippen LogP contribution in [0.5, 0.6) is 0 Å². The summed E-state index contributed by atoms with van der Waals surface area (Å²) in [6.45, 7) is 1.81. The molecule has 0 saturated carbocycles. The monoisotopic (exact) mass is 281 g/mol. The smallest absolute Gasteiger partial charge is 0.258 e. The lowest BCUT2D eigenvalue weighted by molar-refractivity contribution is 0.102. The summed E-state index contributed by atoms with van der Waals surface area (Å²) >= 11 is 0. The first kappa shape index (κ1) is 14.7. The number of anilines is 1. The quantitative estimate of drug-likeness (QED) is 0.841. The highest BCUT2D eigenvalue weighted by atomic mass is 16.2. The fourth-order valence-electron chi connectivity index (χ4n) is 1.71. The van der Waals surface area contributed by atoms with Gasteiger partial charge in [0.2, 0.25) is 0 Å². The number of nitrogens with one attached hydrogen (secondary N) is 1. The Hall–Kier alpha value is -2.71. The molecule has 1 amide bonds. The van der Waals surface area contributed by atoms with E-state index in [2.05, 4.69) is 27.1 Å². The van der Waals surface area contributed by atoms with E-state index in [9.17, 15) is 4.79 Å². The molecule has 2 N–H and O–H groups in total. The van der Waals surface area contributed by atoms with Gasteiger partial charge in [0.05, 0.1) is 12.2 Å². The largest absolute Gasteiger partial charge is 0.395 e. The topological polar surface area (TPSA) is 75.1 Å². The van der Waals surface area contributed by atoms with E-state index in [0.717, 1.165) is 5.56 Å². The van der Waals surface area contributed by atoms with Crippen molar-refractivity contribution < 1.29 is 9.90 Å². The molecule has 0 aliphatic carbocycles. The third-order valence-corrected chi connectivity index (χ3v) is 2.72. The van der Waals surface area contributed by atoms with Crippen LogP contribution in [-0.2, 0) is 0 Å². The van der Waals surface area contributed by atoms with Crippen LogP contribution in [0, 0.1) is 18.8 Å². The Morgan fingerprint density at radius 1 is 1.33 bits per heavy atom. The van der Waals surface area contributed by atoms with Crippen LogP contribution < -0.4 is 5.32 Å². The fraction of sp³-hybridized carbons (Fsp3) is 0.188. The first-order valence-electron chi connectivity index (χ1n) is 6.49. The molecule has 0 aliphatic heterocycles. The minimum absolute atomic E-state index is 0.0297. The number of aromatic nitrogens is 2. The first-order chi connectivity index (χ1) is 10.2. The molecule has 0 aromatic carbocycles. The van der Waals surface area contributed by atoms with Crippen molar-refractivity contribution in [2.45, 2.75) is 13.3 Å². The summed E-state index contributed by atoms with van der Waals surface area (Å²) in [5.41, 5.74) is 1.90. The van der Waals surface area contributed by atoms with Gasteiger partial charge in [-0.1, -0.05) is 11.8 Å². The van der Waals surface area contributed by atoms with E-state index in [1.165, 1.54) is 0 Å². The zero-order valence-electron chi connectivity index (χ0n) is 11.6. The fourth-order valence-corrected chi connectivity index (χ4v) is 1.71. The Labute approximate surface area is 123 Å². The summed E-state index contributed by atoms with van der Waals surface area (Å²) in [5.74, 6) is 5.89. The van der Waals surface area contributed by atoms with E-state index in [1.54, 1.807) is 43.6 Å². The van der Waals surface area contributed by atoms with Crippen LogP contribution in [0.1, 0.15) is 28.0 Å². The van der Waals surface area contributed by atoms with E-state index in [0.29, 0.717) is 23.5 Å². The Morgan fingerprint density at radius 3 is 2.95 bits per heavy atom. The molecule has 2 aromatic rings. The highest BCUT2D eigenvalue weighted by molar-refractivity contribution is 6.04. The van der Waals surface area contributed by atoms with Crippen molar-refractivity contribution in [2.75, 3.05) is 11.9 Å². The van der Waals surface area contributed by atoms with Crippen LogP contribution in [0.4, 0.5) is 5.82 Å². The maximum atomic E-state index is 12.1. The lowest BCUT2D eigenvalue weighted by Gasteiger charge is -2.06. The average molecular weight is 281 g/mol. The number of carbonyl (C=O) groups excluding carboxylic acids is 1. The molecule has 0 radical (unpaired) electrons. The van der Waals surface area contributed by atoms with Crippen molar-refractivity contribution in [3.63, 3.8) is 0 Å². The summed E-state index contributed by atoms with van der Waals surface area (Å²) in [6.07, 6.45) is 3.63. The van der Waals surface area contributed by atoms with E-state index in [1.807, 2.05) is 0 Å². The number of rotatable bonds is 3. The number of nitrogens with zero attached hydrogens (tertiary/aromatic N) is 2. The Balaban J connectivity index is 2.14. The van der Waals surface area contributed by atoms with Crippen molar-refractivity contribution in [2.24, 2.45) is 0 Å². The summed E-state index contributed by atoms with van der Waals surface area (Å²) in [5, 5.41) is 11.4. The molecular formula is C16H15N3O2. The van der Waals surface area contributed by atoms with Gasteiger partial charge < -0.3 is 10.4 Å². The van der Waals surface area contributed by atoms with E-state index in [-0.39, 0.29) is 12.5 Å². The number of pyridine rings is 2. The van der Waals surface area contributed by atoms with Gasteiger partial charge in [0, 0.05) is 30.1 Å². The summed E-state index contributed by atoms with van der Waals surface area (Å²) in [6, 6.07) is 6.86. The second-order valence-electron chi connectivity index (χ2n) is 4.30. The number of aryl methyl sites for hydroxylation is 1. The van der Waals surface area contributed by atoms with Gasteiger partial charge in [-0.25, -0.2) is 4.98 Å². The molecule has 106 valence electrons. The molecule has 5 nitrogen and oxygen atoms in total. The molecule has 2 rings (SSSR count). The third kappa shape index (κ3) is 4.13. The standard InChI is InChI=1S/C16H15N3O2/c1-12-14(6-4-8-17-12)16(21)19-15-11-13(7-9-18-15)5-2-3-10-20/h4,6-9,11,20H,3,10H2,1H3,(H,18,19,21). The SMILES string of the molecule is Cc1ncccc1C(=O)Nc1cc(C#CCCO)ccn1. The van der Waals surface area contributed by atoms with Crippen molar-refractivity contribution >= 4 is 11.7 Å². The van der Waals surface area contributed by atoms with Crippen LogP contribution in [0.15, 0.2) is 36.7 Å². The predicted molar refractivity (Wildman–Crippen MR) is 79.7 cm³/mol. The Morgan fingerprint density at radius 2 is 2.19 bits per heavy atom. The van der Waals surface area contributed by atoms with E-state index < -0.39 is 0 Å². The molecular weight excluding hydrogens is 266 g/mol. The molecule has 21 heavy (non-hydrogen) atoms. The number of aliphatic hydroxyl groups is 1. The second kappa shape index (κ2) is 7.17. The highest BCUT2D eigenvalue weighted by Crippen LogP contribution is 2.10. The zero-order chi connectivity index (χ0) is 15.1. The van der Waals surface area contributed by atoms with Crippen molar-refractivity contribution in [1.29, 1.82) is 0 Å². The molecule has 0 spiro atoms. The maximum absolute atomic E-state index is 12.1. The van der Waals surface area contributed by atoms with E-state index >= 15 is 0 Å². The number of aliphatic hydroxyl groups excluding tert-OH is 1. The van der Waals surface area contributed by atoms with Gasteiger partial charge in [0.15, 0.2) is 0 Å². The third-order valence-electron chi connectivity index (χ3n) is 2.72. The second-order valence-corrected chi connectivity index (χ2v) is 4.30. The van der Waals surface area contributed by atoms with Crippen LogP contribution in [0.25, 0.3) is 0 Å². The van der Waals surface area contributed by atoms with Crippen molar-refractivity contribution in [3.8, 4) is 11.8 Å². The van der Waals surface area contributed by atoms with Gasteiger partial charge in [-0.2, -0.15) is 0 Å². The normalized spacial score (nSPS) is 9.62. The zero-order valence-corrected chi connectivity index (χ0v) is 11.6. The van der Waals surface area contributed by atoms with E-state index in [4.69, 9.17) is 5.11 Å². The molecule has 2 aromatic heterocycles. The van der Waals surface area contributed by atoms with Crippen LogP contribution in [0.2, 0.25) is 0 Å². The van der Waals surface area contributed by atoms with Crippen LogP contribution >= 0.6 is 0 Å². The molecule has 5 heteroatoms. The highest BCUT2D eigenvalue weighted by Gasteiger charge is 2.09. The van der Waals surface area contributed by atoms with Gasteiger partial charge in [-0.05, 0) is 31.2 Å². The first-order valence-corrected chi connectivity index (χ1v) is 6.49. The van der Waals surface area contributed by atoms with Crippen LogP contribution in [-0.4, -0.2) is 27.6 Å². The number of hydrogen-bond acceptors (Lipinski definition) is 4. The molecule has 0 fully saturated rings. The minimum atomic E-state index is -0.256. The van der Waals surface area contributed by atoms with Crippen molar-refractivity contribution in [1.82, 2.24) is 9.97 Å². The van der Waals surface area contributed by atoms with Gasteiger partial charge in [-0.15, -0.1) is 0 Å². The molecule has 0 unspecified atom stereocenters. The molecule has 2 heterocycles. The van der Waals surface area contributed by atoms with Crippen molar-refractivity contribution in [3.05, 3.63) is 53.5 Å². The minimum Gasteiger partial charge on any atom is -0.395 e. The lowest BCUT2D eigenvalue weighted by atomic mass is 10.2. The van der Waals surface area contributed by atoms with Gasteiger partial charge in [-0.3, -0.25) is 9.78 Å². The summed E-state index contributed by atoms with van der Waals surface area (Å²) in [7, 11) is 0. The lowest BCUT2D eigenvalue weighted by Crippen LogP contribution is -2.14. The summed E-state index contributed by atoms with van der Waals surface area (Å²) in [4.78, 5) is 20.3. The molecule has 0 bridgehead atoms. The summed E-state index contributed by atoms with van der Waals surface area (Å²) < 4.78 is 0. The van der Waals surface area contributed by atoms with Gasteiger partial charge >= 0.3 is 0 Å². The predicted octanol–water partition coefficient (Wildman–Crippen LogP) is 1.77. The number of hydrogen-bond donors (Lipinski definition) is 2. The Kier molecular flexibility index (Phi) is 5.02. The number of amides is 1. The number of carbonyl (C=O) groups is 1. The van der Waals surface area contributed by atoms with Crippen LogP contribution in [0.3, 0.4) is 0 Å². The van der Waals surface area contributed by atoms with Gasteiger partial charge in [0.1, 0.15) is 5.82 Å². The van der Waals surface area contributed by atoms with Gasteiger partial charge in [0.25, 0.3) is 5.91 Å². The molecule has 0 aliphatic rings. The molecule has 0 atom stereocenters. The maximum Gasteiger partial charge on any atom is 0.258 e. The Bertz CT molecular complexity index is 702. The molecule has 0 saturated heterocycles. The average Bonchev–Trinajstić information content (AvgIpc) is 2.48.